The van der Waals surface area contributed by atoms with Crippen molar-refractivity contribution in [2.75, 3.05) is 106 Å². The average molecular weight is 486 g/mol. The lowest BCUT2D eigenvalue weighted by Crippen LogP contribution is -2.15. The highest BCUT2D eigenvalue weighted by atomic mass is 16.6. The van der Waals surface area contributed by atoms with Crippen LogP contribution in [0.3, 0.4) is 0 Å². The summed E-state index contributed by atoms with van der Waals surface area (Å²) in [6, 6.07) is 10.1. The van der Waals surface area contributed by atoms with Crippen molar-refractivity contribution in [2.24, 2.45) is 5.11 Å². The molecule has 0 N–H and O–H groups in total. The summed E-state index contributed by atoms with van der Waals surface area (Å²) in [5.41, 5.74) is 9.27. The van der Waals surface area contributed by atoms with Crippen molar-refractivity contribution < 1.29 is 37.9 Å². The summed E-state index contributed by atoms with van der Waals surface area (Å²) in [4.78, 5) is 2.64. The predicted octanol–water partition coefficient (Wildman–Crippen LogP) is 2.63. The van der Waals surface area contributed by atoms with E-state index in [0.717, 1.165) is 5.56 Å². The van der Waals surface area contributed by atoms with E-state index in [1.54, 1.807) is 0 Å². The lowest BCUT2D eigenvalue weighted by Gasteiger charge is -2.08. The van der Waals surface area contributed by atoms with Gasteiger partial charge in [0.25, 0.3) is 0 Å². The molecule has 0 saturated heterocycles. The van der Waals surface area contributed by atoms with Gasteiger partial charge in [-0.2, -0.15) is 0 Å². The first-order chi connectivity index (χ1) is 16.9. The topological polar surface area (TPSA) is 123 Å². The quantitative estimate of drug-likeness (QED) is 0.0849. The standard InChI is InChI=1S/C23H39N3O8/c24-26-25-6-7-27-8-9-28-10-11-29-12-13-30-14-15-31-16-17-32-18-19-33-20-21-34-22-23-4-2-1-3-5-23/h1-5H,6-22H2. The van der Waals surface area contributed by atoms with Crippen LogP contribution < -0.4 is 0 Å². The Bertz CT molecular complexity index is 591. The minimum Gasteiger partial charge on any atom is -0.379 e. The molecule has 0 aromatic heterocycles. The van der Waals surface area contributed by atoms with Gasteiger partial charge in [0.2, 0.25) is 0 Å². The molecular weight excluding hydrogens is 446 g/mol. The number of hydrogen-bond donors (Lipinski definition) is 0. The zero-order valence-electron chi connectivity index (χ0n) is 20.0. The van der Waals surface area contributed by atoms with Crippen LogP contribution >= 0.6 is 0 Å². The van der Waals surface area contributed by atoms with Crippen LogP contribution in [-0.4, -0.2) is 106 Å². The van der Waals surface area contributed by atoms with Gasteiger partial charge < -0.3 is 37.9 Å². The molecule has 1 aromatic carbocycles. The largest absolute Gasteiger partial charge is 0.379 e. The van der Waals surface area contributed by atoms with Gasteiger partial charge in [-0.3, -0.25) is 0 Å². The van der Waals surface area contributed by atoms with Crippen LogP contribution in [-0.2, 0) is 44.5 Å². The second-order valence-corrected chi connectivity index (χ2v) is 6.78. The van der Waals surface area contributed by atoms with Crippen LogP contribution in [0.5, 0.6) is 0 Å². The van der Waals surface area contributed by atoms with E-state index in [-0.39, 0.29) is 0 Å². The van der Waals surface area contributed by atoms with Gasteiger partial charge in [0.1, 0.15) is 0 Å². The number of benzene rings is 1. The first kappa shape index (κ1) is 30.2. The van der Waals surface area contributed by atoms with E-state index in [2.05, 4.69) is 10.0 Å². The van der Waals surface area contributed by atoms with Gasteiger partial charge in [0, 0.05) is 11.5 Å². The fourth-order valence-electron chi connectivity index (χ4n) is 2.45. The summed E-state index contributed by atoms with van der Waals surface area (Å²) in [5, 5.41) is 3.37. The van der Waals surface area contributed by atoms with Crippen molar-refractivity contribution in [2.45, 2.75) is 6.61 Å². The second kappa shape index (κ2) is 25.8. The Balaban J connectivity index is 1.64. The van der Waals surface area contributed by atoms with Crippen LogP contribution in [0.4, 0.5) is 0 Å². The predicted molar refractivity (Wildman–Crippen MR) is 126 cm³/mol. The van der Waals surface area contributed by atoms with Crippen LogP contribution in [0.2, 0.25) is 0 Å². The van der Waals surface area contributed by atoms with Crippen molar-refractivity contribution in [3.05, 3.63) is 46.3 Å². The van der Waals surface area contributed by atoms with Crippen molar-refractivity contribution in [1.82, 2.24) is 0 Å². The van der Waals surface area contributed by atoms with E-state index in [1.165, 1.54) is 0 Å². The first-order valence-electron chi connectivity index (χ1n) is 11.6. The van der Waals surface area contributed by atoms with Crippen molar-refractivity contribution in [3.8, 4) is 0 Å². The number of azide groups is 1. The van der Waals surface area contributed by atoms with Gasteiger partial charge in [-0.1, -0.05) is 35.4 Å². The zero-order chi connectivity index (χ0) is 24.2. The lowest BCUT2D eigenvalue weighted by molar-refractivity contribution is -0.0234. The molecule has 1 aromatic rings. The Morgan fingerprint density at radius 1 is 0.500 bits per heavy atom. The molecule has 34 heavy (non-hydrogen) atoms. The van der Waals surface area contributed by atoms with E-state index in [4.69, 9.17) is 43.4 Å². The maximum absolute atomic E-state index is 8.11. The maximum atomic E-state index is 8.11. The van der Waals surface area contributed by atoms with Crippen LogP contribution in [0, 0.1) is 0 Å². The van der Waals surface area contributed by atoms with Gasteiger partial charge in [0.05, 0.1) is 106 Å². The number of hydrogen-bond acceptors (Lipinski definition) is 9. The lowest BCUT2D eigenvalue weighted by atomic mass is 10.2. The number of nitrogens with zero attached hydrogens (tertiary/aromatic N) is 3. The average Bonchev–Trinajstić information content (AvgIpc) is 2.87. The Hall–Kier alpha value is -1.79. The van der Waals surface area contributed by atoms with E-state index in [9.17, 15) is 0 Å². The van der Waals surface area contributed by atoms with Crippen LogP contribution in [0.25, 0.3) is 10.4 Å². The molecule has 11 heteroatoms. The Kier molecular flexibility index (Phi) is 23.0. The number of rotatable bonds is 26. The molecule has 0 bridgehead atoms. The van der Waals surface area contributed by atoms with Gasteiger partial charge >= 0.3 is 0 Å². The molecule has 0 heterocycles. The summed E-state index contributed by atoms with van der Waals surface area (Å²) in [6.07, 6.45) is 0. The van der Waals surface area contributed by atoms with Gasteiger partial charge in [-0.05, 0) is 11.1 Å². The Morgan fingerprint density at radius 2 is 0.853 bits per heavy atom. The third kappa shape index (κ3) is 22.0. The second-order valence-electron chi connectivity index (χ2n) is 6.78. The molecule has 0 aliphatic carbocycles. The molecular formula is C23H39N3O8. The van der Waals surface area contributed by atoms with Gasteiger partial charge in [-0.25, -0.2) is 0 Å². The maximum Gasteiger partial charge on any atom is 0.0718 e. The molecule has 0 atom stereocenters. The number of ether oxygens (including phenoxy) is 8. The molecule has 1 rings (SSSR count). The third-order valence-corrected chi connectivity index (χ3v) is 4.11. The first-order valence-corrected chi connectivity index (χ1v) is 11.6. The summed E-state index contributed by atoms with van der Waals surface area (Å²) >= 11 is 0. The smallest absolute Gasteiger partial charge is 0.0718 e. The molecule has 0 spiro atoms. The van der Waals surface area contributed by atoms with Crippen molar-refractivity contribution in [3.63, 3.8) is 0 Å². The molecule has 194 valence electrons. The highest BCUT2D eigenvalue weighted by Gasteiger charge is 1.95. The van der Waals surface area contributed by atoms with E-state index in [1.807, 2.05) is 30.3 Å². The molecule has 11 nitrogen and oxygen atoms in total. The van der Waals surface area contributed by atoms with Crippen molar-refractivity contribution in [1.29, 1.82) is 0 Å². The van der Waals surface area contributed by atoms with E-state index in [0.29, 0.717) is 112 Å². The van der Waals surface area contributed by atoms with E-state index >= 15 is 0 Å². The normalized spacial score (nSPS) is 10.9. The molecule has 0 aliphatic heterocycles. The summed E-state index contributed by atoms with van der Waals surface area (Å²) in [6.45, 7) is 8.55. The van der Waals surface area contributed by atoms with Crippen LogP contribution in [0.1, 0.15) is 5.56 Å². The molecule has 0 fully saturated rings. The Labute approximate surface area is 202 Å². The summed E-state index contributed by atoms with van der Waals surface area (Å²) < 4.78 is 43.3. The highest BCUT2D eigenvalue weighted by Crippen LogP contribution is 1.99. The molecule has 0 unspecified atom stereocenters. The SMILES string of the molecule is [N-]=[N+]=NCCOCCOCCOCCOCCOCCOCCOCCOCc1ccccc1. The molecule has 0 aliphatic rings. The fraction of sp³-hybridized carbons (Fsp3) is 0.739. The van der Waals surface area contributed by atoms with Crippen molar-refractivity contribution >= 4 is 0 Å². The minimum absolute atomic E-state index is 0.334. The molecule has 0 saturated carbocycles. The monoisotopic (exact) mass is 485 g/mol. The zero-order valence-corrected chi connectivity index (χ0v) is 20.0. The Morgan fingerprint density at radius 3 is 1.24 bits per heavy atom. The van der Waals surface area contributed by atoms with Gasteiger partial charge in [0.15, 0.2) is 0 Å². The molecule has 0 radical (unpaired) electrons. The molecule has 0 amide bonds. The minimum atomic E-state index is 0.334. The van der Waals surface area contributed by atoms with Gasteiger partial charge in [-0.15, -0.1) is 0 Å². The highest BCUT2D eigenvalue weighted by molar-refractivity contribution is 5.13. The van der Waals surface area contributed by atoms with Crippen LogP contribution in [0.15, 0.2) is 35.4 Å². The van der Waals surface area contributed by atoms with E-state index < -0.39 is 0 Å². The summed E-state index contributed by atoms with van der Waals surface area (Å²) in [5.74, 6) is 0. The summed E-state index contributed by atoms with van der Waals surface area (Å²) in [7, 11) is 0. The fourth-order valence-corrected chi connectivity index (χ4v) is 2.45. The third-order valence-electron chi connectivity index (χ3n) is 4.11.